The Morgan fingerprint density at radius 3 is 2.11 bits per heavy atom. The van der Waals surface area contributed by atoms with Gasteiger partial charge in [0.15, 0.2) is 0 Å². The number of Topliss-reactive ketones (excluding diaryl/α,β-unsaturated/α-hetero) is 1. The van der Waals surface area contributed by atoms with Gasteiger partial charge in [-0.2, -0.15) is 0 Å². The van der Waals surface area contributed by atoms with Crippen LogP contribution in [0.5, 0.6) is 0 Å². The van der Waals surface area contributed by atoms with Gasteiger partial charge in [-0.05, 0) is 36.6 Å². The van der Waals surface area contributed by atoms with Crippen molar-refractivity contribution >= 4 is 23.2 Å². The minimum atomic E-state index is -0.461. The van der Waals surface area contributed by atoms with Crippen LogP contribution in [-0.4, -0.2) is 22.4 Å². The molecule has 0 fully saturated rings. The minimum absolute atomic E-state index is 0.0193. The van der Waals surface area contributed by atoms with Crippen molar-refractivity contribution in [2.24, 2.45) is 5.16 Å². The highest BCUT2D eigenvalue weighted by molar-refractivity contribution is 6.45. The van der Waals surface area contributed by atoms with Crippen molar-refractivity contribution in [1.29, 1.82) is 0 Å². The summed E-state index contributed by atoms with van der Waals surface area (Å²) in [6.07, 6.45) is 1.86. The molecule has 7 heteroatoms. The van der Waals surface area contributed by atoms with Crippen LogP contribution in [0.1, 0.15) is 43.5 Å². The first kappa shape index (κ1) is 20.0. The van der Waals surface area contributed by atoms with Crippen LogP contribution in [0.3, 0.4) is 0 Å². The summed E-state index contributed by atoms with van der Waals surface area (Å²) in [5, 5.41) is 14.3. The SMILES string of the molecule is CCCCC(=O)O/N=C(/C)C(=O)c1ccc(-c2ccc([N+](=O)[O-])cc2)cc1. The van der Waals surface area contributed by atoms with Crippen molar-refractivity contribution in [2.75, 3.05) is 0 Å². The Bertz CT molecular complexity index is 855. The molecule has 2 aromatic rings. The number of carbonyl (C=O) groups is 2. The number of rotatable bonds is 8. The van der Waals surface area contributed by atoms with Crippen LogP contribution >= 0.6 is 0 Å². The van der Waals surface area contributed by atoms with Gasteiger partial charge in [-0.3, -0.25) is 14.9 Å². The molecule has 7 nitrogen and oxygen atoms in total. The largest absolute Gasteiger partial charge is 0.335 e. The Morgan fingerprint density at radius 1 is 1.04 bits per heavy atom. The zero-order valence-corrected chi connectivity index (χ0v) is 15.2. The van der Waals surface area contributed by atoms with Gasteiger partial charge in [0.1, 0.15) is 5.71 Å². The Balaban J connectivity index is 2.06. The number of ketones is 1. The maximum Gasteiger partial charge on any atom is 0.335 e. The zero-order chi connectivity index (χ0) is 19.8. The number of benzene rings is 2. The third kappa shape index (κ3) is 5.57. The summed E-state index contributed by atoms with van der Waals surface area (Å²) in [4.78, 5) is 38.8. The van der Waals surface area contributed by atoms with Crippen molar-refractivity contribution in [3.8, 4) is 11.1 Å². The summed E-state index contributed by atoms with van der Waals surface area (Å²) in [7, 11) is 0. The van der Waals surface area contributed by atoms with Gasteiger partial charge in [0, 0.05) is 24.1 Å². The molecular weight excluding hydrogens is 348 g/mol. The second-order valence-corrected chi connectivity index (χ2v) is 5.95. The van der Waals surface area contributed by atoms with E-state index in [0.29, 0.717) is 12.0 Å². The third-order valence-electron chi connectivity index (χ3n) is 3.91. The second kappa shape index (κ2) is 9.38. The Labute approximate surface area is 156 Å². The number of oxime groups is 1. The van der Waals surface area contributed by atoms with Gasteiger partial charge in [0.2, 0.25) is 5.78 Å². The van der Waals surface area contributed by atoms with Gasteiger partial charge in [-0.1, -0.05) is 42.8 Å². The molecule has 0 bridgehead atoms. The molecular formula is C20H20N2O5. The van der Waals surface area contributed by atoms with E-state index >= 15 is 0 Å². The average molecular weight is 368 g/mol. The monoisotopic (exact) mass is 368 g/mol. The van der Waals surface area contributed by atoms with E-state index in [2.05, 4.69) is 5.16 Å². The predicted octanol–water partition coefficient (Wildman–Crippen LogP) is 4.55. The lowest BCUT2D eigenvalue weighted by molar-refractivity contribution is -0.384. The fourth-order valence-corrected chi connectivity index (χ4v) is 2.33. The van der Waals surface area contributed by atoms with E-state index in [1.165, 1.54) is 19.1 Å². The minimum Gasteiger partial charge on any atom is -0.318 e. The number of nitro groups is 1. The van der Waals surface area contributed by atoms with E-state index in [4.69, 9.17) is 4.84 Å². The quantitative estimate of drug-likeness (QED) is 0.224. The standard InChI is InChI=1S/C20H20N2O5/c1-3-4-5-19(23)27-21-14(2)20(24)17-8-6-15(7-9-17)16-10-12-18(13-11-16)22(25)26/h6-13H,3-5H2,1-2H3/b21-14-. The molecule has 0 atom stereocenters. The van der Waals surface area contributed by atoms with Crippen molar-refractivity contribution in [3.63, 3.8) is 0 Å². The molecule has 0 saturated carbocycles. The molecule has 0 N–H and O–H groups in total. The lowest BCUT2D eigenvalue weighted by Gasteiger charge is -2.04. The average Bonchev–Trinajstić information content (AvgIpc) is 2.70. The summed E-state index contributed by atoms with van der Waals surface area (Å²) in [5.41, 5.74) is 2.14. The van der Waals surface area contributed by atoms with E-state index < -0.39 is 10.9 Å². The number of non-ortho nitro benzene ring substituents is 1. The molecule has 0 saturated heterocycles. The van der Waals surface area contributed by atoms with Gasteiger partial charge >= 0.3 is 5.97 Å². The van der Waals surface area contributed by atoms with Gasteiger partial charge < -0.3 is 4.84 Å². The smallest absolute Gasteiger partial charge is 0.318 e. The number of nitro benzene ring substituents is 1. The predicted molar refractivity (Wildman–Crippen MR) is 102 cm³/mol. The van der Waals surface area contributed by atoms with Crippen LogP contribution < -0.4 is 0 Å². The van der Waals surface area contributed by atoms with Crippen LogP contribution in [0.4, 0.5) is 5.69 Å². The van der Waals surface area contributed by atoms with E-state index in [1.54, 1.807) is 36.4 Å². The Morgan fingerprint density at radius 2 is 1.59 bits per heavy atom. The van der Waals surface area contributed by atoms with Crippen molar-refractivity contribution in [2.45, 2.75) is 33.1 Å². The van der Waals surface area contributed by atoms with Crippen LogP contribution in [0.25, 0.3) is 11.1 Å². The molecule has 0 radical (unpaired) electrons. The summed E-state index contributed by atoms with van der Waals surface area (Å²) in [6, 6.07) is 12.9. The molecule has 0 spiro atoms. The van der Waals surface area contributed by atoms with Crippen LogP contribution in [-0.2, 0) is 9.63 Å². The normalized spacial score (nSPS) is 11.1. The molecule has 0 aliphatic carbocycles. The summed E-state index contributed by atoms with van der Waals surface area (Å²) >= 11 is 0. The third-order valence-corrected chi connectivity index (χ3v) is 3.91. The maximum absolute atomic E-state index is 12.3. The number of carbonyl (C=O) groups excluding carboxylic acids is 2. The first-order valence-corrected chi connectivity index (χ1v) is 8.56. The lowest BCUT2D eigenvalue weighted by atomic mass is 10.0. The first-order valence-electron chi connectivity index (χ1n) is 8.56. The van der Waals surface area contributed by atoms with Gasteiger partial charge in [-0.15, -0.1) is 0 Å². The summed E-state index contributed by atoms with van der Waals surface area (Å²) in [5.74, 6) is -0.800. The molecule has 0 heterocycles. The highest BCUT2D eigenvalue weighted by Gasteiger charge is 2.12. The van der Waals surface area contributed by atoms with E-state index in [-0.39, 0.29) is 23.6 Å². The Kier molecular flexibility index (Phi) is 6.93. The summed E-state index contributed by atoms with van der Waals surface area (Å²) in [6.45, 7) is 3.45. The fraction of sp³-hybridized carbons (Fsp3) is 0.250. The Hall–Kier alpha value is -3.35. The molecule has 0 aliphatic rings. The molecule has 0 aromatic heterocycles. The van der Waals surface area contributed by atoms with Crippen molar-refractivity contribution in [3.05, 3.63) is 64.2 Å². The number of hydrogen-bond donors (Lipinski definition) is 0. The molecule has 0 amide bonds. The first-order chi connectivity index (χ1) is 12.9. The molecule has 0 aliphatic heterocycles. The van der Waals surface area contributed by atoms with Crippen LogP contribution in [0, 0.1) is 10.1 Å². The van der Waals surface area contributed by atoms with E-state index in [1.807, 2.05) is 6.92 Å². The van der Waals surface area contributed by atoms with Gasteiger partial charge in [0.05, 0.1) is 4.92 Å². The maximum atomic E-state index is 12.3. The number of hydrogen-bond acceptors (Lipinski definition) is 6. The zero-order valence-electron chi connectivity index (χ0n) is 15.2. The molecule has 0 unspecified atom stereocenters. The van der Waals surface area contributed by atoms with E-state index in [9.17, 15) is 19.7 Å². The lowest BCUT2D eigenvalue weighted by Crippen LogP contribution is -2.12. The summed E-state index contributed by atoms with van der Waals surface area (Å²) < 4.78 is 0. The fourth-order valence-electron chi connectivity index (χ4n) is 2.33. The molecule has 140 valence electrons. The van der Waals surface area contributed by atoms with Crippen molar-refractivity contribution < 1.29 is 19.3 Å². The van der Waals surface area contributed by atoms with Gasteiger partial charge in [0.25, 0.3) is 5.69 Å². The molecule has 27 heavy (non-hydrogen) atoms. The molecule has 2 aromatic carbocycles. The number of nitrogens with zero attached hydrogens (tertiary/aromatic N) is 2. The highest BCUT2D eigenvalue weighted by atomic mass is 16.7. The second-order valence-electron chi connectivity index (χ2n) is 5.95. The number of unbranched alkanes of at least 4 members (excludes halogenated alkanes) is 1. The van der Waals surface area contributed by atoms with E-state index in [0.717, 1.165) is 17.5 Å². The van der Waals surface area contributed by atoms with Gasteiger partial charge in [-0.25, -0.2) is 4.79 Å². The van der Waals surface area contributed by atoms with Crippen LogP contribution in [0.15, 0.2) is 53.7 Å². The molecule has 2 rings (SSSR count). The topological polar surface area (TPSA) is 98.9 Å². The van der Waals surface area contributed by atoms with Crippen molar-refractivity contribution in [1.82, 2.24) is 0 Å². The van der Waals surface area contributed by atoms with Crippen LogP contribution in [0.2, 0.25) is 0 Å². The highest BCUT2D eigenvalue weighted by Crippen LogP contribution is 2.23.